The van der Waals surface area contributed by atoms with Crippen LogP contribution in [0.1, 0.15) is 52.9 Å². The summed E-state index contributed by atoms with van der Waals surface area (Å²) < 4.78 is 0. The number of hydrogen-bond donors (Lipinski definition) is 0. The van der Waals surface area contributed by atoms with Crippen molar-refractivity contribution in [3.63, 3.8) is 0 Å². The summed E-state index contributed by atoms with van der Waals surface area (Å²) >= 11 is 0. The first kappa shape index (κ1) is 11.5. The number of carbonyl (C=O) groups is 1. The number of hydrogen-bond acceptors (Lipinski definition) is 3. The van der Waals surface area contributed by atoms with Crippen LogP contribution in [0.3, 0.4) is 0 Å². The molecule has 1 rings (SSSR count). The van der Waals surface area contributed by atoms with Crippen molar-refractivity contribution in [1.29, 1.82) is 0 Å². The molecule has 2 unspecified atom stereocenters. The summed E-state index contributed by atoms with van der Waals surface area (Å²) in [5, 5.41) is 1.89. The van der Waals surface area contributed by atoms with Gasteiger partial charge in [0.05, 0.1) is 12.1 Å². The maximum Gasteiger partial charge on any atom is 0.324 e. The van der Waals surface area contributed by atoms with Gasteiger partial charge in [0.25, 0.3) is 0 Å². The molecule has 0 bridgehead atoms. The quantitative estimate of drug-likeness (QED) is 0.615. The molecule has 0 N–H and O–H groups in total. The average Bonchev–Trinajstić information content (AvgIpc) is 2.80. The van der Waals surface area contributed by atoms with Crippen LogP contribution in [0.2, 0.25) is 0 Å². The molecule has 3 heteroatoms. The molecule has 3 nitrogen and oxygen atoms in total. The van der Waals surface area contributed by atoms with E-state index in [4.69, 9.17) is 4.84 Å². The molecule has 0 aromatic rings. The van der Waals surface area contributed by atoms with Gasteiger partial charge in [-0.25, -0.2) is 0 Å². The Balaban J connectivity index is 2.33. The maximum atomic E-state index is 11.1. The molecule has 1 fully saturated rings. The molecule has 1 aliphatic rings. The van der Waals surface area contributed by atoms with Gasteiger partial charge < -0.3 is 4.84 Å². The fourth-order valence-corrected chi connectivity index (χ4v) is 1.86. The molecule has 0 spiro atoms. The van der Waals surface area contributed by atoms with E-state index < -0.39 is 0 Å². The zero-order valence-electron chi connectivity index (χ0n) is 9.45. The van der Waals surface area contributed by atoms with Gasteiger partial charge in [0.1, 0.15) is 0 Å². The smallest absolute Gasteiger partial charge is 0.324 e. The topological polar surface area (TPSA) is 29.3 Å². The van der Waals surface area contributed by atoms with E-state index in [9.17, 15) is 4.79 Å². The Kier molecular flexibility index (Phi) is 4.39. The van der Waals surface area contributed by atoms with Gasteiger partial charge in [-0.15, -0.1) is 5.06 Å². The SMILES string of the molecule is CCCC1C(CCC)N1OC(=O)CC. The van der Waals surface area contributed by atoms with Gasteiger partial charge in [-0.2, -0.15) is 0 Å². The molecule has 0 radical (unpaired) electrons. The van der Waals surface area contributed by atoms with Crippen molar-refractivity contribution < 1.29 is 9.63 Å². The molecule has 0 aliphatic carbocycles. The van der Waals surface area contributed by atoms with E-state index in [2.05, 4.69) is 13.8 Å². The summed E-state index contributed by atoms with van der Waals surface area (Å²) in [7, 11) is 0. The van der Waals surface area contributed by atoms with Crippen molar-refractivity contribution >= 4 is 5.97 Å². The fourth-order valence-electron chi connectivity index (χ4n) is 1.86. The summed E-state index contributed by atoms with van der Waals surface area (Å²) in [6.07, 6.45) is 5.06. The lowest BCUT2D eigenvalue weighted by Gasteiger charge is -2.03. The van der Waals surface area contributed by atoms with Crippen LogP contribution < -0.4 is 0 Å². The monoisotopic (exact) mass is 199 g/mol. The molecular weight excluding hydrogens is 178 g/mol. The normalized spacial score (nSPS) is 30.1. The highest BCUT2D eigenvalue weighted by Crippen LogP contribution is 2.35. The number of carbonyl (C=O) groups excluding carboxylic acids is 1. The molecular formula is C11H21NO2. The van der Waals surface area contributed by atoms with Gasteiger partial charge in [0, 0.05) is 6.42 Å². The van der Waals surface area contributed by atoms with E-state index in [0.717, 1.165) is 25.7 Å². The molecule has 1 saturated heterocycles. The molecule has 2 atom stereocenters. The lowest BCUT2D eigenvalue weighted by molar-refractivity contribution is -0.169. The molecule has 14 heavy (non-hydrogen) atoms. The Hall–Kier alpha value is -0.570. The lowest BCUT2D eigenvalue weighted by atomic mass is 10.1. The number of rotatable bonds is 6. The van der Waals surface area contributed by atoms with Gasteiger partial charge >= 0.3 is 5.97 Å². The third kappa shape index (κ3) is 2.71. The Bertz CT molecular complexity index is 182. The minimum atomic E-state index is -0.107. The van der Waals surface area contributed by atoms with Crippen molar-refractivity contribution in [3.8, 4) is 0 Å². The van der Waals surface area contributed by atoms with E-state index in [1.165, 1.54) is 0 Å². The van der Waals surface area contributed by atoms with Crippen molar-refractivity contribution in [3.05, 3.63) is 0 Å². The first-order chi connectivity index (χ1) is 6.74. The minimum absolute atomic E-state index is 0.107. The molecule has 0 amide bonds. The van der Waals surface area contributed by atoms with Crippen LogP contribution >= 0.6 is 0 Å². The Morgan fingerprint density at radius 1 is 1.14 bits per heavy atom. The molecule has 0 aromatic carbocycles. The first-order valence-corrected chi connectivity index (χ1v) is 5.73. The standard InChI is InChI=1S/C11H21NO2/c1-4-7-9-10(8-5-2)12(9)14-11(13)6-3/h9-10H,4-8H2,1-3H3. The highest BCUT2D eigenvalue weighted by atomic mass is 16.7. The number of nitrogens with zero attached hydrogens (tertiary/aromatic N) is 1. The minimum Gasteiger partial charge on any atom is -0.367 e. The average molecular weight is 199 g/mol. The van der Waals surface area contributed by atoms with Crippen LogP contribution in [0.4, 0.5) is 0 Å². The summed E-state index contributed by atoms with van der Waals surface area (Å²) in [6.45, 7) is 6.16. The maximum absolute atomic E-state index is 11.1. The third-order valence-electron chi connectivity index (χ3n) is 2.67. The van der Waals surface area contributed by atoms with Gasteiger partial charge in [0.15, 0.2) is 0 Å². The van der Waals surface area contributed by atoms with E-state index in [1.807, 2.05) is 12.0 Å². The third-order valence-corrected chi connectivity index (χ3v) is 2.67. The summed E-state index contributed by atoms with van der Waals surface area (Å²) in [5.41, 5.74) is 0. The number of hydroxylamine groups is 2. The van der Waals surface area contributed by atoms with Crippen LogP contribution in [0.25, 0.3) is 0 Å². The predicted molar refractivity (Wildman–Crippen MR) is 55.6 cm³/mol. The summed E-state index contributed by atoms with van der Waals surface area (Å²) in [5.74, 6) is -0.107. The van der Waals surface area contributed by atoms with E-state index in [0.29, 0.717) is 18.5 Å². The summed E-state index contributed by atoms with van der Waals surface area (Å²) in [6, 6.07) is 0.992. The highest BCUT2D eigenvalue weighted by Gasteiger charge is 2.49. The second kappa shape index (κ2) is 5.35. The Morgan fingerprint density at radius 2 is 1.64 bits per heavy atom. The highest BCUT2D eigenvalue weighted by molar-refractivity contribution is 5.68. The van der Waals surface area contributed by atoms with Crippen molar-refractivity contribution in [2.75, 3.05) is 0 Å². The van der Waals surface area contributed by atoms with Gasteiger partial charge in [-0.05, 0) is 12.8 Å². The Labute approximate surface area is 86.4 Å². The first-order valence-electron chi connectivity index (χ1n) is 5.73. The molecule has 0 saturated carbocycles. The Morgan fingerprint density at radius 3 is 2.00 bits per heavy atom. The van der Waals surface area contributed by atoms with Crippen LogP contribution in [-0.2, 0) is 9.63 Å². The zero-order valence-corrected chi connectivity index (χ0v) is 9.45. The summed E-state index contributed by atoms with van der Waals surface area (Å²) in [4.78, 5) is 16.3. The van der Waals surface area contributed by atoms with E-state index in [1.54, 1.807) is 0 Å². The molecule has 82 valence electrons. The second-order valence-corrected chi connectivity index (χ2v) is 3.89. The second-order valence-electron chi connectivity index (χ2n) is 3.89. The van der Waals surface area contributed by atoms with Gasteiger partial charge in [-0.1, -0.05) is 33.6 Å². The van der Waals surface area contributed by atoms with Crippen molar-refractivity contribution in [2.45, 2.75) is 65.0 Å². The fraction of sp³-hybridized carbons (Fsp3) is 0.909. The van der Waals surface area contributed by atoms with Crippen LogP contribution in [0, 0.1) is 0 Å². The lowest BCUT2D eigenvalue weighted by Crippen LogP contribution is -2.11. The van der Waals surface area contributed by atoms with E-state index in [-0.39, 0.29) is 5.97 Å². The van der Waals surface area contributed by atoms with Crippen molar-refractivity contribution in [2.24, 2.45) is 0 Å². The van der Waals surface area contributed by atoms with Gasteiger partial charge in [0.2, 0.25) is 0 Å². The van der Waals surface area contributed by atoms with E-state index >= 15 is 0 Å². The van der Waals surface area contributed by atoms with Gasteiger partial charge in [-0.3, -0.25) is 4.79 Å². The van der Waals surface area contributed by atoms with Crippen LogP contribution in [0.15, 0.2) is 0 Å². The van der Waals surface area contributed by atoms with Crippen molar-refractivity contribution in [1.82, 2.24) is 5.06 Å². The molecule has 0 aromatic heterocycles. The molecule has 1 aliphatic heterocycles. The largest absolute Gasteiger partial charge is 0.367 e. The zero-order chi connectivity index (χ0) is 10.6. The van der Waals surface area contributed by atoms with Crippen LogP contribution in [-0.4, -0.2) is 23.1 Å². The molecule has 1 heterocycles. The predicted octanol–water partition coefficient (Wildman–Crippen LogP) is 2.51. The van der Waals surface area contributed by atoms with Crippen LogP contribution in [0.5, 0.6) is 0 Å².